The maximum absolute atomic E-state index is 13.7. The van der Waals surface area contributed by atoms with Gasteiger partial charge in [-0.25, -0.2) is 0 Å². The standard InChI is InChI=1S/C32H26O10/c1-39-25-13-21(23(15-27(25)41-3)31(37)29(35)17-5-9-19(33)10-6-17)22-14-26(40-2)28(42-4)16-24(22)32(38)30(36)18-7-11-20(34)12-8-18/h5-16,33-34H,1-4H3. The van der Waals surface area contributed by atoms with Crippen LogP contribution in [-0.2, 0) is 0 Å². The summed E-state index contributed by atoms with van der Waals surface area (Å²) in [6.45, 7) is 0. The smallest absolute Gasteiger partial charge is 0.234 e. The van der Waals surface area contributed by atoms with Crippen molar-refractivity contribution in [3.8, 4) is 45.6 Å². The molecule has 0 aliphatic heterocycles. The minimum absolute atomic E-state index is 0.0182. The third-order valence-electron chi connectivity index (χ3n) is 6.50. The van der Waals surface area contributed by atoms with Crippen molar-refractivity contribution in [1.82, 2.24) is 0 Å². The predicted octanol–water partition coefficient (Wildman–Crippen LogP) is 4.93. The summed E-state index contributed by atoms with van der Waals surface area (Å²) < 4.78 is 21.6. The van der Waals surface area contributed by atoms with Gasteiger partial charge in [-0.2, -0.15) is 0 Å². The first-order valence-electron chi connectivity index (χ1n) is 12.4. The molecule has 0 saturated heterocycles. The van der Waals surface area contributed by atoms with Crippen LogP contribution in [0.15, 0.2) is 72.8 Å². The lowest BCUT2D eigenvalue weighted by Crippen LogP contribution is -2.18. The Balaban J connectivity index is 1.98. The molecule has 0 unspecified atom stereocenters. The van der Waals surface area contributed by atoms with Crippen LogP contribution in [0.5, 0.6) is 34.5 Å². The van der Waals surface area contributed by atoms with Crippen LogP contribution in [-0.4, -0.2) is 61.8 Å². The first-order valence-corrected chi connectivity index (χ1v) is 12.4. The average Bonchev–Trinajstić information content (AvgIpc) is 3.02. The van der Waals surface area contributed by atoms with Gasteiger partial charge in [-0.1, -0.05) is 0 Å². The zero-order valence-corrected chi connectivity index (χ0v) is 23.1. The summed E-state index contributed by atoms with van der Waals surface area (Å²) >= 11 is 0. The lowest BCUT2D eigenvalue weighted by atomic mass is 9.87. The largest absolute Gasteiger partial charge is 0.508 e. The Morgan fingerprint density at radius 3 is 1.02 bits per heavy atom. The van der Waals surface area contributed by atoms with E-state index in [0.29, 0.717) is 0 Å². The molecule has 0 saturated carbocycles. The number of carbonyl (C=O) groups is 4. The fourth-order valence-electron chi connectivity index (χ4n) is 4.31. The molecular formula is C32H26O10. The number of aromatic hydroxyl groups is 2. The molecule has 0 bridgehead atoms. The molecule has 4 aromatic carbocycles. The van der Waals surface area contributed by atoms with Crippen LogP contribution in [0.3, 0.4) is 0 Å². The third kappa shape index (κ3) is 5.64. The summed E-state index contributed by atoms with van der Waals surface area (Å²) in [5, 5.41) is 19.2. The molecular weight excluding hydrogens is 544 g/mol. The molecule has 0 spiro atoms. The third-order valence-corrected chi connectivity index (χ3v) is 6.50. The fourth-order valence-corrected chi connectivity index (χ4v) is 4.31. The summed E-state index contributed by atoms with van der Waals surface area (Å²) in [4.78, 5) is 53.9. The highest BCUT2D eigenvalue weighted by molar-refractivity contribution is 6.51. The van der Waals surface area contributed by atoms with Gasteiger partial charge in [0, 0.05) is 22.3 Å². The summed E-state index contributed by atoms with van der Waals surface area (Å²) in [5.74, 6) is -3.22. The van der Waals surface area contributed by atoms with Crippen LogP contribution >= 0.6 is 0 Å². The molecule has 4 aromatic rings. The van der Waals surface area contributed by atoms with Gasteiger partial charge in [0.25, 0.3) is 0 Å². The zero-order chi connectivity index (χ0) is 30.6. The molecule has 0 amide bonds. The molecule has 10 heteroatoms. The van der Waals surface area contributed by atoms with Crippen molar-refractivity contribution in [2.24, 2.45) is 0 Å². The maximum atomic E-state index is 13.7. The van der Waals surface area contributed by atoms with E-state index in [2.05, 4.69) is 0 Å². The summed E-state index contributed by atoms with van der Waals surface area (Å²) in [6, 6.07) is 15.8. The number of carbonyl (C=O) groups excluding carboxylic acids is 4. The summed E-state index contributed by atoms with van der Waals surface area (Å²) in [5.41, 5.74) is -0.109. The number of benzene rings is 4. The number of hydrogen-bond donors (Lipinski definition) is 2. The van der Waals surface area contributed by atoms with E-state index in [1.807, 2.05) is 0 Å². The van der Waals surface area contributed by atoms with Crippen molar-refractivity contribution in [2.45, 2.75) is 0 Å². The molecule has 0 aromatic heterocycles. The van der Waals surface area contributed by atoms with Crippen molar-refractivity contribution < 1.29 is 48.3 Å². The molecule has 0 fully saturated rings. The number of phenols is 2. The lowest BCUT2D eigenvalue weighted by molar-refractivity contribution is 0.0816. The molecule has 0 radical (unpaired) electrons. The second-order valence-corrected chi connectivity index (χ2v) is 8.92. The van der Waals surface area contributed by atoms with E-state index in [1.54, 1.807) is 0 Å². The highest BCUT2D eigenvalue weighted by Gasteiger charge is 2.30. The molecule has 0 heterocycles. The number of ketones is 4. The summed E-state index contributed by atoms with van der Waals surface area (Å²) in [7, 11) is 5.46. The second-order valence-electron chi connectivity index (χ2n) is 8.92. The summed E-state index contributed by atoms with van der Waals surface area (Å²) in [6.07, 6.45) is 0. The number of rotatable bonds is 11. The van der Waals surface area contributed by atoms with Crippen LogP contribution in [0.4, 0.5) is 0 Å². The van der Waals surface area contributed by atoms with E-state index in [-0.39, 0.29) is 67.9 Å². The molecule has 2 N–H and O–H groups in total. The normalized spacial score (nSPS) is 10.5. The van der Waals surface area contributed by atoms with E-state index in [1.165, 1.54) is 101 Å². The fraction of sp³-hybridized carbons (Fsp3) is 0.125. The van der Waals surface area contributed by atoms with Gasteiger partial charge in [0.05, 0.1) is 28.4 Å². The minimum atomic E-state index is -0.949. The van der Waals surface area contributed by atoms with Crippen molar-refractivity contribution in [3.63, 3.8) is 0 Å². The molecule has 42 heavy (non-hydrogen) atoms. The Morgan fingerprint density at radius 1 is 0.452 bits per heavy atom. The van der Waals surface area contributed by atoms with E-state index in [9.17, 15) is 29.4 Å². The predicted molar refractivity (Wildman–Crippen MR) is 152 cm³/mol. The molecule has 214 valence electrons. The van der Waals surface area contributed by atoms with E-state index in [0.717, 1.165) is 0 Å². The molecule has 0 aliphatic carbocycles. The van der Waals surface area contributed by atoms with Crippen molar-refractivity contribution in [2.75, 3.05) is 28.4 Å². The molecule has 0 aliphatic rings. The Morgan fingerprint density at radius 2 is 0.738 bits per heavy atom. The zero-order valence-electron chi connectivity index (χ0n) is 23.1. The topological polar surface area (TPSA) is 146 Å². The van der Waals surface area contributed by atoms with Crippen LogP contribution < -0.4 is 18.9 Å². The van der Waals surface area contributed by atoms with Gasteiger partial charge in [-0.3, -0.25) is 19.2 Å². The Hall–Kier alpha value is -5.64. The number of ether oxygens (including phenoxy) is 4. The molecule has 10 nitrogen and oxygen atoms in total. The highest BCUT2D eigenvalue weighted by atomic mass is 16.5. The van der Waals surface area contributed by atoms with Crippen molar-refractivity contribution in [1.29, 1.82) is 0 Å². The van der Waals surface area contributed by atoms with Gasteiger partial charge in [-0.15, -0.1) is 0 Å². The Kier molecular flexibility index (Phi) is 8.56. The van der Waals surface area contributed by atoms with Crippen LogP contribution in [0.1, 0.15) is 41.4 Å². The number of hydrogen-bond acceptors (Lipinski definition) is 10. The van der Waals surface area contributed by atoms with Crippen LogP contribution in [0, 0.1) is 0 Å². The van der Waals surface area contributed by atoms with Gasteiger partial charge >= 0.3 is 0 Å². The van der Waals surface area contributed by atoms with Gasteiger partial charge in [0.15, 0.2) is 23.0 Å². The monoisotopic (exact) mass is 570 g/mol. The SMILES string of the molecule is COc1cc(C(=O)C(=O)c2ccc(O)cc2)c(-c2cc(OC)c(OC)cc2C(=O)C(=O)c2ccc(O)cc2)cc1OC. The van der Waals surface area contributed by atoms with E-state index >= 15 is 0 Å². The average molecular weight is 571 g/mol. The number of Topliss-reactive ketones (excluding diaryl/α,β-unsaturated/α-hetero) is 4. The van der Waals surface area contributed by atoms with Gasteiger partial charge in [0.1, 0.15) is 11.5 Å². The quantitative estimate of drug-likeness (QED) is 0.188. The van der Waals surface area contributed by atoms with Crippen molar-refractivity contribution >= 4 is 23.1 Å². The molecule has 0 atom stereocenters. The van der Waals surface area contributed by atoms with E-state index < -0.39 is 23.1 Å². The first kappa shape index (κ1) is 29.3. The Bertz CT molecular complexity index is 1560. The van der Waals surface area contributed by atoms with Gasteiger partial charge in [0.2, 0.25) is 23.1 Å². The second kappa shape index (κ2) is 12.3. The maximum Gasteiger partial charge on any atom is 0.234 e. The first-order chi connectivity index (χ1) is 20.1. The lowest BCUT2D eigenvalue weighted by Gasteiger charge is -2.18. The van der Waals surface area contributed by atoms with E-state index in [4.69, 9.17) is 18.9 Å². The van der Waals surface area contributed by atoms with Crippen LogP contribution in [0.25, 0.3) is 11.1 Å². The molecule has 4 rings (SSSR count). The van der Waals surface area contributed by atoms with Gasteiger partial charge < -0.3 is 29.2 Å². The highest BCUT2D eigenvalue weighted by Crippen LogP contribution is 2.42. The minimum Gasteiger partial charge on any atom is -0.508 e. The number of phenolic OH excluding ortho intramolecular Hbond substituents is 2. The van der Waals surface area contributed by atoms with Crippen molar-refractivity contribution in [3.05, 3.63) is 95.1 Å². The van der Waals surface area contributed by atoms with Gasteiger partial charge in [-0.05, 0) is 83.9 Å². The van der Waals surface area contributed by atoms with Crippen LogP contribution in [0.2, 0.25) is 0 Å². The number of methoxy groups -OCH3 is 4. The Labute approximate surface area is 240 Å².